The van der Waals surface area contributed by atoms with Crippen molar-refractivity contribution in [3.63, 3.8) is 0 Å². The summed E-state index contributed by atoms with van der Waals surface area (Å²) < 4.78 is 0. The van der Waals surface area contributed by atoms with Crippen molar-refractivity contribution in [2.45, 2.75) is 70.8 Å². The van der Waals surface area contributed by atoms with Gasteiger partial charge in [-0.25, -0.2) is 14.9 Å². The molecular formula is C22H38N4O9. The summed E-state index contributed by atoms with van der Waals surface area (Å²) in [4.78, 5) is 58.1. The van der Waals surface area contributed by atoms with E-state index in [9.17, 15) is 44.6 Å². The van der Waals surface area contributed by atoms with Crippen LogP contribution in [0, 0.1) is 0 Å². The van der Waals surface area contributed by atoms with Gasteiger partial charge in [0.15, 0.2) is 5.60 Å². The van der Waals surface area contributed by atoms with Gasteiger partial charge in [-0.1, -0.05) is 25.8 Å². The Kier molecular flexibility index (Phi) is 15.9. The molecule has 0 aliphatic rings. The predicted molar refractivity (Wildman–Crippen MR) is 123 cm³/mol. The lowest BCUT2D eigenvalue weighted by molar-refractivity contribution is -0.164. The van der Waals surface area contributed by atoms with Gasteiger partial charge < -0.3 is 20.8 Å². The number of carbonyl (C=O) groups excluding carboxylic acids is 4. The smallest absolute Gasteiger partial charge is 0.336 e. The van der Waals surface area contributed by atoms with E-state index in [0.717, 1.165) is 32.6 Å². The molecule has 0 fully saturated rings. The summed E-state index contributed by atoms with van der Waals surface area (Å²) in [6.07, 6.45) is 5.34. The Morgan fingerprint density at radius 1 is 0.857 bits per heavy atom. The average molecular weight is 503 g/mol. The molecular weight excluding hydrogens is 464 g/mol. The maximum atomic E-state index is 12.1. The molecule has 1 atom stereocenters. The fourth-order valence-corrected chi connectivity index (χ4v) is 2.83. The zero-order valence-corrected chi connectivity index (χ0v) is 20.4. The van der Waals surface area contributed by atoms with Gasteiger partial charge in [-0.3, -0.25) is 29.6 Å². The average Bonchev–Trinajstić information content (AvgIpc) is 2.78. The molecule has 0 heterocycles. The number of aliphatic carboxylic acids is 1. The third-order valence-electron chi connectivity index (χ3n) is 4.89. The SMILES string of the molecule is CCCCCC=CC(=O)N(O)CCCNC(=O)CC(O)(CC(=O)NCCCN(O)C(C)=O)C(=O)O. The van der Waals surface area contributed by atoms with Gasteiger partial charge in [-0.05, 0) is 25.7 Å². The highest BCUT2D eigenvalue weighted by Crippen LogP contribution is 2.16. The number of rotatable bonds is 18. The molecule has 13 nitrogen and oxygen atoms in total. The highest BCUT2D eigenvalue weighted by Gasteiger charge is 2.40. The monoisotopic (exact) mass is 502 g/mol. The second-order valence-corrected chi connectivity index (χ2v) is 8.10. The largest absolute Gasteiger partial charge is 0.479 e. The topological polar surface area (TPSA) is 197 Å². The van der Waals surface area contributed by atoms with E-state index >= 15 is 0 Å². The van der Waals surface area contributed by atoms with E-state index in [1.807, 2.05) is 0 Å². The Morgan fingerprint density at radius 2 is 1.37 bits per heavy atom. The zero-order chi connectivity index (χ0) is 26.9. The molecule has 0 radical (unpaired) electrons. The minimum atomic E-state index is -2.64. The van der Waals surface area contributed by atoms with Crippen LogP contribution in [-0.4, -0.2) is 92.1 Å². The standard InChI is InChI=1S/C22H38N4O9/c1-3-4-5-6-7-10-20(30)26(35)14-9-12-24-19(29)16-22(33,21(31)32)15-18(28)23-11-8-13-25(34)17(2)27/h7,10,33-35H,3-6,8-9,11-16H2,1-2H3,(H,23,28)(H,24,29)(H,31,32). The van der Waals surface area contributed by atoms with Gasteiger partial charge in [0, 0.05) is 26.1 Å². The number of carbonyl (C=O) groups is 5. The second-order valence-electron chi connectivity index (χ2n) is 8.10. The highest BCUT2D eigenvalue weighted by molar-refractivity contribution is 5.91. The molecule has 0 aromatic carbocycles. The zero-order valence-electron chi connectivity index (χ0n) is 20.4. The van der Waals surface area contributed by atoms with Crippen LogP contribution in [0.5, 0.6) is 0 Å². The van der Waals surface area contributed by atoms with Crippen molar-refractivity contribution in [1.82, 2.24) is 20.8 Å². The number of unbranched alkanes of at least 4 members (excludes halogenated alkanes) is 3. The minimum absolute atomic E-state index is 0.000901. The summed E-state index contributed by atoms with van der Waals surface area (Å²) in [5, 5.41) is 44.2. The van der Waals surface area contributed by atoms with Crippen molar-refractivity contribution >= 4 is 29.6 Å². The van der Waals surface area contributed by atoms with Crippen LogP contribution in [0.15, 0.2) is 12.2 Å². The van der Waals surface area contributed by atoms with Crippen LogP contribution in [0.3, 0.4) is 0 Å². The molecule has 0 saturated carbocycles. The highest BCUT2D eigenvalue weighted by atomic mass is 16.5. The minimum Gasteiger partial charge on any atom is -0.479 e. The number of hydrogen-bond donors (Lipinski definition) is 6. The number of nitrogens with zero attached hydrogens (tertiary/aromatic N) is 2. The lowest BCUT2D eigenvalue weighted by Gasteiger charge is -2.22. The molecule has 35 heavy (non-hydrogen) atoms. The second kappa shape index (κ2) is 17.4. The number of allylic oxidation sites excluding steroid dienone is 1. The van der Waals surface area contributed by atoms with E-state index in [1.165, 1.54) is 6.08 Å². The molecule has 13 heteroatoms. The Balaban J connectivity index is 4.38. The van der Waals surface area contributed by atoms with E-state index in [4.69, 9.17) is 0 Å². The molecule has 200 valence electrons. The lowest BCUT2D eigenvalue weighted by Crippen LogP contribution is -2.47. The fraction of sp³-hybridized carbons (Fsp3) is 0.682. The van der Waals surface area contributed by atoms with E-state index < -0.39 is 48.0 Å². The first-order chi connectivity index (χ1) is 16.4. The van der Waals surface area contributed by atoms with Crippen LogP contribution in [0.25, 0.3) is 0 Å². The molecule has 0 saturated heterocycles. The molecule has 0 aromatic rings. The van der Waals surface area contributed by atoms with Crippen LogP contribution < -0.4 is 10.6 Å². The number of aliphatic hydroxyl groups is 1. The molecule has 1 unspecified atom stereocenters. The van der Waals surface area contributed by atoms with Crippen molar-refractivity contribution in [2.75, 3.05) is 26.2 Å². The Hall–Kier alpha value is -3.03. The summed E-state index contributed by atoms with van der Waals surface area (Å²) in [7, 11) is 0. The summed E-state index contributed by atoms with van der Waals surface area (Å²) in [6, 6.07) is 0. The van der Waals surface area contributed by atoms with E-state index in [0.29, 0.717) is 10.1 Å². The Morgan fingerprint density at radius 3 is 1.83 bits per heavy atom. The number of amides is 4. The van der Waals surface area contributed by atoms with Crippen LogP contribution >= 0.6 is 0 Å². The Labute approximate surface area is 204 Å². The van der Waals surface area contributed by atoms with Gasteiger partial charge in [0.2, 0.25) is 17.7 Å². The first-order valence-corrected chi connectivity index (χ1v) is 11.6. The van der Waals surface area contributed by atoms with Gasteiger partial charge in [-0.2, -0.15) is 0 Å². The number of hydrogen-bond acceptors (Lipinski definition) is 8. The molecule has 4 amide bonds. The molecule has 6 N–H and O–H groups in total. The number of hydroxylamine groups is 4. The first kappa shape index (κ1) is 32.0. The van der Waals surface area contributed by atoms with E-state index in [2.05, 4.69) is 17.6 Å². The van der Waals surface area contributed by atoms with E-state index in [1.54, 1.807) is 6.08 Å². The summed E-state index contributed by atoms with van der Waals surface area (Å²) in [6.45, 7) is 3.11. The van der Waals surface area contributed by atoms with Crippen molar-refractivity contribution in [2.24, 2.45) is 0 Å². The van der Waals surface area contributed by atoms with Crippen LogP contribution in [0.1, 0.15) is 65.2 Å². The maximum Gasteiger partial charge on any atom is 0.336 e. The van der Waals surface area contributed by atoms with Gasteiger partial charge >= 0.3 is 5.97 Å². The van der Waals surface area contributed by atoms with Crippen molar-refractivity contribution in [1.29, 1.82) is 0 Å². The fourth-order valence-electron chi connectivity index (χ4n) is 2.83. The summed E-state index contributed by atoms with van der Waals surface area (Å²) in [5.74, 6) is -4.57. The predicted octanol–water partition coefficient (Wildman–Crippen LogP) is 0.187. The van der Waals surface area contributed by atoms with Gasteiger partial charge in [-0.15, -0.1) is 0 Å². The summed E-state index contributed by atoms with van der Waals surface area (Å²) in [5.41, 5.74) is -2.64. The number of carboxylic acid groups (broad SMARTS) is 1. The molecule has 0 bridgehead atoms. The molecule has 0 aromatic heterocycles. The third kappa shape index (κ3) is 14.8. The van der Waals surface area contributed by atoms with Crippen molar-refractivity contribution in [3.8, 4) is 0 Å². The quantitative estimate of drug-likeness (QED) is 0.0655. The number of carboxylic acids is 1. The Bertz CT molecular complexity index is 744. The van der Waals surface area contributed by atoms with Crippen molar-refractivity contribution in [3.05, 3.63) is 12.2 Å². The van der Waals surface area contributed by atoms with E-state index in [-0.39, 0.29) is 39.0 Å². The molecule has 0 aliphatic carbocycles. The molecule has 0 spiro atoms. The van der Waals surface area contributed by atoms with Crippen LogP contribution in [0.2, 0.25) is 0 Å². The van der Waals surface area contributed by atoms with Gasteiger partial charge in [0.25, 0.3) is 5.91 Å². The first-order valence-electron chi connectivity index (χ1n) is 11.6. The normalized spacial score (nSPS) is 12.6. The lowest BCUT2D eigenvalue weighted by atomic mass is 9.94. The van der Waals surface area contributed by atoms with Gasteiger partial charge in [0.1, 0.15) is 0 Å². The third-order valence-corrected chi connectivity index (χ3v) is 4.89. The van der Waals surface area contributed by atoms with Crippen molar-refractivity contribution < 1.29 is 44.6 Å². The number of nitrogens with one attached hydrogen (secondary N) is 2. The maximum absolute atomic E-state index is 12.1. The molecule has 0 rings (SSSR count). The van der Waals surface area contributed by atoms with Crippen LogP contribution in [0.4, 0.5) is 0 Å². The van der Waals surface area contributed by atoms with Crippen LogP contribution in [-0.2, 0) is 24.0 Å². The molecule has 0 aliphatic heterocycles. The summed E-state index contributed by atoms with van der Waals surface area (Å²) >= 11 is 0. The van der Waals surface area contributed by atoms with Gasteiger partial charge in [0.05, 0.1) is 25.9 Å².